The molecule has 0 saturated heterocycles. The van der Waals surface area contributed by atoms with Gasteiger partial charge in [0.2, 0.25) is 0 Å². The van der Waals surface area contributed by atoms with E-state index >= 15 is 0 Å². The third-order valence-corrected chi connectivity index (χ3v) is 26.1. The van der Waals surface area contributed by atoms with Crippen LogP contribution >= 0.6 is 15.9 Å². The fourth-order valence-corrected chi connectivity index (χ4v) is 18.7. The Morgan fingerprint density at radius 1 is 0.401 bits per heavy atom. The molecule has 0 amide bonds. The van der Waals surface area contributed by atoms with Gasteiger partial charge in [0.15, 0.2) is 0 Å². The number of aromatic nitrogens is 4. The Bertz CT molecular complexity index is 6460. The van der Waals surface area contributed by atoms with Gasteiger partial charge in [0, 0.05) is 215 Å². The number of non-ortho nitro benzene ring substituents is 1. The zero-order valence-electron chi connectivity index (χ0n) is 80.0. The molecule has 0 aliphatic carbocycles. The smallest absolute Gasteiger partial charge is 0.269 e. The molecule has 6 heterocycles. The summed E-state index contributed by atoms with van der Waals surface area (Å²) in [5.41, 5.74) is 26.6. The highest BCUT2D eigenvalue weighted by Gasteiger charge is 2.27. The maximum absolute atomic E-state index is 13.0. The zero-order valence-corrected chi connectivity index (χ0v) is 81.6. The lowest BCUT2D eigenvalue weighted by Crippen LogP contribution is -2.28. The maximum atomic E-state index is 13.0. The molecule has 16 heteroatoms. The number of rotatable bonds is 36. The van der Waals surface area contributed by atoms with Crippen LogP contribution in [0.1, 0.15) is 101 Å². The largest absolute Gasteiger partial charge is 0.497 e. The van der Waals surface area contributed by atoms with Crippen LogP contribution in [-0.4, -0.2) is 153 Å². The van der Waals surface area contributed by atoms with Crippen molar-refractivity contribution in [3.05, 3.63) is 501 Å². The Hall–Kier alpha value is -13.4. The highest BCUT2D eigenvalue weighted by atomic mass is 79.9. The number of nitrogens with one attached hydrogen (secondary N) is 4. The number of methoxy groups -OCH3 is 1. The number of para-hydroxylation sites is 4. The Morgan fingerprint density at radius 3 is 1.07 bits per heavy atom. The Labute approximate surface area is 819 Å². The molecule has 0 spiro atoms. The number of hydrogen-bond acceptors (Lipinski definition) is 9. The van der Waals surface area contributed by atoms with Gasteiger partial charge in [0.1, 0.15) is 11.6 Å². The van der Waals surface area contributed by atoms with Gasteiger partial charge in [0.05, 0.1) is 12.0 Å². The minimum Gasteiger partial charge on any atom is -0.497 e. The normalized spacial score (nSPS) is 13.5. The van der Waals surface area contributed by atoms with E-state index in [1.54, 1.807) is 19.2 Å². The first kappa shape index (κ1) is 101. The zero-order chi connectivity index (χ0) is 95.9. The summed E-state index contributed by atoms with van der Waals surface area (Å²) < 4.78 is 19.4. The minimum absolute atomic E-state index is 0.123. The first-order chi connectivity index (χ1) is 67.0. The van der Waals surface area contributed by atoms with Crippen molar-refractivity contribution in [2.45, 2.75) is 90.4 Å². The predicted octanol–water partition coefficient (Wildman–Crippen LogP) is 26.8. The summed E-state index contributed by atoms with van der Waals surface area (Å²) in [6.45, 7) is 44.6. The second kappa shape index (κ2) is 53.2. The molecule has 14 nitrogen and oxygen atoms in total. The third-order valence-electron chi connectivity index (χ3n) is 25.6. The number of nitro benzene ring substituents is 1. The predicted molar refractivity (Wildman–Crippen MR) is 576 cm³/mol. The number of nitrogens with zero attached hydrogens (tertiary/aromatic N) is 7. The van der Waals surface area contributed by atoms with Crippen molar-refractivity contribution in [1.82, 2.24) is 49.3 Å². The van der Waals surface area contributed by atoms with Gasteiger partial charge in [-0.3, -0.25) is 39.5 Å². The van der Waals surface area contributed by atoms with Crippen LogP contribution in [0, 0.1) is 29.8 Å². The van der Waals surface area contributed by atoms with Crippen molar-refractivity contribution in [1.29, 1.82) is 0 Å². The molecule has 4 N–H and O–H groups in total. The molecule has 0 fully saturated rings. The summed E-state index contributed by atoms with van der Waals surface area (Å²) in [5.74, 6) is 1.60. The van der Waals surface area contributed by atoms with E-state index in [4.69, 9.17) is 4.74 Å². The first-order valence-corrected chi connectivity index (χ1v) is 48.7. The monoisotopic (exact) mass is 1890 g/mol. The van der Waals surface area contributed by atoms with Crippen LogP contribution < -0.4 is 4.74 Å². The van der Waals surface area contributed by atoms with E-state index in [0.29, 0.717) is 11.8 Å². The second-order valence-corrected chi connectivity index (χ2v) is 36.4. The number of H-pyrrole nitrogens is 4. The quantitative estimate of drug-likeness (QED) is 0.0172. The van der Waals surface area contributed by atoms with Crippen LogP contribution in [0.4, 0.5) is 10.1 Å². The highest BCUT2D eigenvalue weighted by Crippen LogP contribution is 2.36. The molecular weight excluding hydrogens is 1750 g/mol. The molecule has 4 aromatic heterocycles. The molecule has 2 aliphatic heterocycles. The number of halogens is 2. The van der Waals surface area contributed by atoms with Crippen molar-refractivity contribution in [3.63, 3.8) is 0 Å². The summed E-state index contributed by atoms with van der Waals surface area (Å²) in [4.78, 5) is 38.2. The van der Waals surface area contributed by atoms with Gasteiger partial charge in [-0.1, -0.05) is 282 Å². The van der Waals surface area contributed by atoms with Crippen LogP contribution in [0.2, 0.25) is 0 Å². The molecule has 704 valence electrons. The third kappa shape index (κ3) is 30.3. The number of aryl methyl sites for hydroxylation is 2. The molecule has 137 heavy (non-hydrogen) atoms. The van der Waals surface area contributed by atoms with E-state index in [2.05, 4.69) is 362 Å². The molecule has 2 atom stereocenters. The molecule has 2 aliphatic rings. The number of aromatic amines is 4. The van der Waals surface area contributed by atoms with Gasteiger partial charge in [-0.2, -0.15) is 0 Å². The summed E-state index contributed by atoms with van der Waals surface area (Å²) >= 11 is 3.54. The molecule has 16 aromatic rings. The number of nitro groups is 1. The van der Waals surface area contributed by atoms with Crippen LogP contribution in [0.5, 0.6) is 5.75 Å². The number of benzene rings is 12. The van der Waals surface area contributed by atoms with Gasteiger partial charge in [-0.25, -0.2) is 4.39 Å². The molecule has 2 unspecified atom stereocenters. The number of fused-ring (bicyclic) bond motifs is 6. The van der Waals surface area contributed by atoms with Crippen molar-refractivity contribution >= 4 is 65.2 Å². The lowest BCUT2D eigenvalue weighted by Gasteiger charge is -2.24. The Kier molecular flexibility index (Phi) is 39.2. The fraction of sp³-hybridized carbons (Fsp3) is 0.240. The number of ether oxygens (including phenoxy) is 1. The molecule has 0 radical (unpaired) electrons. The lowest BCUT2D eigenvalue weighted by molar-refractivity contribution is -0.384. The lowest BCUT2D eigenvalue weighted by atomic mass is 9.87. The summed E-state index contributed by atoms with van der Waals surface area (Å²) in [6.07, 6.45) is 26.5. The molecular formula is C121H133BrFN11O3. The van der Waals surface area contributed by atoms with Crippen molar-refractivity contribution in [2.75, 3.05) is 98.7 Å². The standard InChI is InChI=1S/C21H24N2O.C20H22BrN.C20H21FN2.C20H21N3O2.C20H22N2.C20H23N/c1-3-13-23(16-17-8-10-19(24-2)11-9-17)14-12-18-15-22-21-7-5-4-6-20(18)21;1-3-11-22-12-10-17-5-4-15(2)13-19(17)20(14-22)16-6-8-18(21)9-7-16;1-2-12-23(15-16-7-9-18(21)10-8-16)13-11-17-14-22-20-6-4-3-5-19(17)20;1-2-12-22(15-16-7-9-18(10-8-16)23(24)25)13-11-17-14-21-20-6-4-3-5-19(17)20;1-2-13-22(16-17-8-4-3-5-9-17)14-12-18-15-21-20-11-7-6-10-19(18)20;1-3-12-21-13-11-18-10-9-16(2)14-19(18)20(15-21)17-7-5-4-6-8-17/h3-11,15,22H,1,12-14,16H2,2H3;3-9,13,20H,1,10-12,14H2,2H3;2-10,14,22H,1,11-13,15H2;2-10,14,21H,1,11-13,15H2;2-11,15,21H,1,12-14,16H2;3-10,14,20H,1,11-13,15H2,2H3. The SMILES string of the molecule is C=CCN(CCc1c[nH]c2ccccc12)Cc1ccc(F)cc1.C=CCN(CCc1c[nH]c2ccccc12)Cc1ccc(OC)cc1.C=CCN(CCc1c[nH]c2ccccc12)Cc1ccc([N+](=O)[O-])cc1.C=CCN(CCc1c[nH]c2ccccc12)Cc1ccccc1.C=CCN1CCc2ccc(C)cc2C(c2ccc(Br)cc2)C1.C=CCN1CCc2ccc(C)cc2C(c2ccccc2)C1. The van der Waals surface area contributed by atoms with Gasteiger partial charge in [-0.15, -0.1) is 39.5 Å². The average Bonchev–Trinajstić information content (AvgIpc) is 1.75. The van der Waals surface area contributed by atoms with Gasteiger partial charge < -0.3 is 24.7 Å². The van der Waals surface area contributed by atoms with Crippen molar-refractivity contribution < 1.29 is 14.1 Å². The van der Waals surface area contributed by atoms with Crippen LogP contribution in [-0.2, 0) is 64.7 Å². The maximum Gasteiger partial charge on any atom is 0.269 e. The molecule has 18 rings (SSSR count). The summed E-state index contributed by atoms with van der Waals surface area (Å²) in [7, 11) is 1.69. The number of hydrogen-bond donors (Lipinski definition) is 4. The van der Waals surface area contributed by atoms with E-state index in [1.165, 1.54) is 128 Å². The topological polar surface area (TPSA) is 135 Å². The van der Waals surface area contributed by atoms with Crippen LogP contribution in [0.15, 0.2) is 396 Å². The first-order valence-electron chi connectivity index (χ1n) is 47.9. The fourth-order valence-electron chi connectivity index (χ4n) is 18.4. The summed E-state index contributed by atoms with van der Waals surface area (Å²) in [6, 6.07) is 99.6. The Balaban J connectivity index is 0.000000139. The average molecular weight is 1890 g/mol. The van der Waals surface area contributed by atoms with Crippen molar-refractivity contribution in [2.24, 2.45) is 0 Å². The van der Waals surface area contributed by atoms with Gasteiger partial charge in [0.25, 0.3) is 5.69 Å². The molecule has 0 saturated carbocycles. The molecule has 0 bridgehead atoms. The van der Waals surface area contributed by atoms with E-state index in [-0.39, 0.29) is 16.4 Å². The van der Waals surface area contributed by atoms with E-state index in [0.717, 1.165) is 183 Å². The Morgan fingerprint density at radius 2 is 0.723 bits per heavy atom. The van der Waals surface area contributed by atoms with E-state index in [1.807, 2.05) is 85.0 Å². The second-order valence-electron chi connectivity index (χ2n) is 35.5. The molecule has 12 aromatic carbocycles. The minimum atomic E-state index is -0.373. The van der Waals surface area contributed by atoms with Crippen LogP contribution in [0.3, 0.4) is 0 Å². The summed E-state index contributed by atoms with van der Waals surface area (Å²) in [5, 5.41) is 16.0. The van der Waals surface area contributed by atoms with Crippen molar-refractivity contribution in [3.8, 4) is 5.75 Å². The van der Waals surface area contributed by atoms with E-state index in [9.17, 15) is 14.5 Å². The van der Waals surface area contributed by atoms with Gasteiger partial charge in [-0.05, 0) is 191 Å². The van der Waals surface area contributed by atoms with Gasteiger partial charge >= 0.3 is 0 Å². The van der Waals surface area contributed by atoms with E-state index < -0.39 is 0 Å². The highest BCUT2D eigenvalue weighted by molar-refractivity contribution is 9.10. The van der Waals surface area contributed by atoms with Crippen LogP contribution in [0.25, 0.3) is 43.6 Å².